The van der Waals surface area contributed by atoms with Crippen LogP contribution in [0, 0.1) is 5.92 Å². The summed E-state index contributed by atoms with van der Waals surface area (Å²) in [7, 11) is -3.71. The molecule has 7 nitrogen and oxygen atoms in total. The number of carbonyl (C=O) groups is 1. The number of primary sulfonamides is 1. The van der Waals surface area contributed by atoms with Gasteiger partial charge in [0.05, 0.1) is 10.9 Å². The second kappa shape index (κ2) is 9.88. The lowest BCUT2D eigenvalue weighted by Gasteiger charge is -2.25. The fourth-order valence-electron chi connectivity index (χ4n) is 3.11. The van der Waals surface area contributed by atoms with Gasteiger partial charge >= 0.3 is 0 Å². The maximum absolute atomic E-state index is 12.7. The van der Waals surface area contributed by atoms with Crippen LogP contribution >= 0.6 is 12.6 Å². The molecule has 1 fully saturated rings. The topological polar surface area (TPSA) is 113 Å². The first-order valence-corrected chi connectivity index (χ1v) is 11.3. The number of nitrogens with one attached hydrogen (secondary N) is 3. The zero-order chi connectivity index (χ0) is 20.0. The SMILES string of the molecule is CC[C@H](C)[C@H](NC[C@H]1C[C@@H](S)CN1)C(=O)NCc1ccc(S(N)(=O)=O)cc1. The molecule has 27 heavy (non-hydrogen) atoms. The number of benzene rings is 1. The Morgan fingerprint density at radius 1 is 1.37 bits per heavy atom. The lowest BCUT2D eigenvalue weighted by atomic mass is 9.98. The van der Waals surface area contributed by atoms with Crippen LogP contribution in [0.5, 0.6) is 0 Å². The van der Waals surface area contributed by atoms with Crippen LogP contribution in [0.1, 0.15) is 32.3 Å². The minimum absolute atomic E-state index is 0.0553. The molecule has 0 spiro atoms. The van der Waals surface area contributed by atoms with E-state index in [0.717, 1.165) is 31.5 Å². The third-order valence-electron chi connectivity index (χ3n) is 5.00. The second-order valence-electron chi connectivity index (χ2n) is 7.17. The highest BCUT2D eigenvalue weighted by Gasteiger charge is 2.27. The van der Waals surface area contributed by atoms with Gasteiger partial charge in [0.25, 0.3) is 0 Å². The molecule has 1 saturated heterocycles. The van der Waals surface area contributed by atoms with Gasteiger partial charge in [-0.2, -0.15) is 12.6 Å². The van der Waals surface area contributed by atoms with Gasteiger partial charge in [-0.05, 0) is 30.0 Å². The summed E-state index contributed by atoms with van der Waals surface area (Å²) in [5.74, 6) is 0.142. The first kappa shape index (κ1) is 22.2. The molecule has 4 atom stereocenters. The summed E-state index contributed by atoms with van der Waals surface area (Å²) in [5.41, 5.74) is 0.814. The largest absolute Gasteiger partial charge is 0.351 e. The van der Waals surface area contributed by atoms with Crippen molar-refractivity contribution in [2.45, 2.75) is 55.5 Å². The van der Waals surface area contributed by atoms with Crippen molar-refractivity contribution < 1.29 is 13.2 Å². The molecule has 0 unspecified atom stereocenters. The van der Waals surface area contributed by atoms with Gasteiger partial charge in [-0.15, -0.1) is 0 Å². The maximum atomic E-state index is 12.7. The van der Waals surface area contributed by atoms with Gasteiger partial charge in [0.15, 0.2) is 0 Å². The molecule has 1 aromatic rings. The number of carbonyl (C=O) groups excluding carboxylic acids is 1. The number of amides is 1. The Kier molecular flexibility index (Phi) is 8.11. The van der Waals surface area contributed by atoms with Crippen molar-refractivity contribution >= 4 is 28.6 Å². The van der Waals surface area contributed by atoms with E-state index in [1.165, 1.54) is 12.1 Å². The molecule has 152 valence electrons. The predicted molar refractivity (Wildman–Crippen MR) is 110 cm³/mol. The van der Waals surface area contributed by atoms with E-state index in [0.29, 0.717) is 17.8 Å². The molecule has 0 radical (unpaired) electrons. The van der Waals surface area contributed by atoms with E-state index in [1.54, 1.807) is 12.1 Å². The third kappa shape index (κ3) is 6.76. The van der Waals surface area contributed by atoms with Crippen LogP contribution in [0.25, 0.3) is 0 Å². The standard InChI is InChI=1S/C18H30N4O3S2/c1-3-12(2)17(21-10-14-8-15(26)11-20-14)18(23)22-9-13-4-6-16(7-5-13)27(19,24)25/h4-7,12,14-15,17,20-21,26H,3,8-11H2,1-2H3,(H,22,23)(H2,19,24,25)/t12-,14+,15+,17-/m0/s1. The number of hydrogen-bond donors (Lipinski definition) is 5. The van der Waals surface area contributed by atoms with Crippen molar-refractivity contribution in [3.05, 3.63) is 29.8 Å². The van der Waals surface area contributed by atoms with Crippen molar-refractivity contribution in [3.8, 4) is 0 Å². The van der Waals surface area contributed by atoms with Crippen molar-refractivity contribution in [3.63, 3.8) is 0 Å². The van der Waals surface area contributed by atoms with Crippen LogP contribution in [0.3, 0.4) is 0 Å². The summed E-state index contributed by atoms with van der Waals surface area (Å²) >= 11 is 4.48. The van der Waals surface area contributed by atoms with E-state index in [4.69, 9.17) is 5.14 Å². The number of thiol groups is 1. The normalized spacial score (nSPS) is 22.4. The Bertz CT molecular complexity index is 725. The number of nitrogens with two attached hydrogens (primary N) is 1. The van der Waals surface area contributed by atoms with Crippen LogP contribution in [-0.2, 0) is 21.4 Å². The molecular weight excluding hydrogens is 384 g/mol. The number of sulfonamides is 1. The molecule has 1 heterocycles. The van der Waals surface area contributed by atoms with Crippen molar-refractivity contribution in [2.75, 3.05) is 13.1 Å². The maximum Gasteiger partial charge on any atom is 0.238 e. The fourth-order valence-corrected chi connectivity index (χ4v) is 3.98. The van der Waals surface area contributed by atoms with Crippen molar-refractivity contribution in [1.82, 2.24) is 16.0 Å². The van der Waals surface area contributed by atoms with E-state index in [-0.39, 0.29) is 22.8 Å². The molecule has 0 saturated carbocycles. The number of rotatable bonds is 9. The van der Waals surface area contributed by atoms with E-state index in [9.17, 15) is 13.2 Å². The molecule has 0 aromatic heterocycles. The molecule has 9 heteroatoms. The van der Waals surface area contributed by atoms with Crippen LogP contribution in [0.2, 0.25) is 0 Å². The predicted octanol–water partition coefficient (Wildman–Crippen LogP) is 0.615. The Morgan fingerprint density at radius 2 is 2.04 bits per heavy atom. The zero-order valence-corrected chi connectivity index (χ0v) is 17.5. The first-order valence-electron chi connectivity index (χ1n) is 9.25. The molecule has 1 aliphatic rings. The Labute approximate surface area is 167 Å². The Hall–Kier alpha value is -1.13. The highest BCUT2D eigenvalue weighted by Crippen LogP contribution is 2.14. The molecule has 1 aliphatic heterocycles. The lowest BCUT2D eigenvalue weighted by molar-refractivity contribution is -0.124. The summed E-state index contributed by atoms with van der Waals surface area (Å²) in [6.45, 7) is 6.07. The van der Waals surface area contributed by atoms with Gasteiger partial charge in [-0.3, -0.25) is 4.79 Å². The number of hydrogen-bond acceptors (Lipinski definition) is 6. The van der Waals surface area contributed by atoms with Crippen LogP contribution < -0.4 is 21.1 Å². The molecule has 1 amide bonds. The summed E-state index contributed by atoms with van der Waals surface area (Å²) < 4.78 is 22.6. The van der Waals surface area contributed by atoms with Crippen molar-refractivity contribution in [2.24, 2.45) is 11.1 Å². The molecule has 2 rings (SSSR count). The average Bonchev–Trinajstić information content (AvgIpc) is 3.04. The lowest BCUT2D eigenvalue weighted by Crippen LogP contribution is -2.50. The smallest absolute Gasteiger partial charge is 0.238 e. The van der Waals surface area contributed by atoms with Crippen LogP contribution in [0.15, 0.2) is 29.2 Å². The summed E-state index contributed by atoms with van der Waals surface area (Å²) in [4.78, 5) is 12.7. The highest BCUT2D eigenvalue weighted by molar-refractivity contribution is 7.89. The molecular formula is C18H30N4O3S2. The monoisotopic (exact) mass is 414 g/mol. The molecule has 0 bridgehead atoms. The third-order valence-corrected chi connectivity index (χ3v) is 6.32. The van der Waals surface area contributed by atoms with Gasteiger partial charge in [0.1, 0.15) is 0 Å². The van der Waals surface area contributed by atoms with E-state index in [2.05, 4.69) is 42.4 Å². The van der Waals surface area contributed by atoms with Gasteiger partial charge in [-0.1, -0.05) is 32.4 Å². The Morgan fingerprint density at radius 3 is 2.56 bits per heavy atom. The molecule has 5 N–H and O–H groups in total. The fraction of sp³-hybridized carbons (Fsp3) is 0.611. The van der Waals surface area contributed by atoms with E-state index in [1.807, 2.05) is 0 Å². The van der Waals surface area contributed by atoms with E-state index < -0.39 is 10.0 Å². The summed E-state index contributed by atoms with van der Waals surface area (Å²) in [6.07, 6.45) is 1.88. The van der Waals surface area contributed by atoms with Crippen LogP contribution in [-0.4, -0.2) is 44.7 Å². The quantitative estimate of drug-likeness (QED) is 0.380. The van der Waals surface area contributed by atoms with Gasteiger partial charge in [0.2, 0.25) is 15.9 Å². The summed E-state index contributed by atoms with van der Waals surface area (Å²) in [6, 6.07) is 6.25. The van der Waals surface area contributed by atoms with Crippen molar-refractivity contribution in [1.29, 1.82) is 0 Å². The second-order valence-corrected chi connectivity index (χ2v) is 9.46. The minimum atomic E-state index is -3.71. The first-order chi connectivity index (χ1) is 12.7. The molecule has 1 aromatic carbocycles. The average molecular weight is 415 g/mol. The summed E-state index contributed by atoms with van der Waals surface area (Å²) in [5, 5.41) is 15.2. The minimum Gasteiger partial charge on any atom is -0.351 e. The zero-order valence-electron chi connectivity index (χ0n) is 15.8. The molecule has 0 aliphatic carbocycles. The Balaban J connectivity index is 1.90. The van der Waals surface area contributed by atoms with Crippen LogP contribution in [0.4, 0.5) is 0 Å². The van der Waals surface area contributed by atoms with E-state index >= 15 is 0 Å². The highest BCUT2D eigenvalue weighted by atomic mass is 32.2. The van der Waals surface area contributed by atoms with Gasteiger partial charge < -0.3 is 16.0 Å². The van der Waals surface area contributed by atoms with Gasteiger partial charge in [0, 0.05) is 30.9 Å². The van der Waals surface area contributed by atoms with Gasteiger partial charge in [-0.25, -0.2) is 13.6 Å².